The number of rotatable bonds is 3. The number of aromatic nitrogens is 1. The van der Waals surface area contributed by atoms with Crippen LogP contribution in [0, 0.1) is 12.3 Å². The topological polar surface area (TPSA) is 26.0 Å². The van der Waals surface area contributed by atoms with Crippen LogP contribution in [0.5, 0.6) is 0 Å². The number of pyridine rings is 1. The Hall–Kier alpha value is -2.29. The third-order valence-electron chi connectivity index (χ3n) is 5.00. The number of furan rings is 1. The van der Waals surface area contributed by atoms with Gasteiger partial charge in [0.25, 0.3) is 0 Å². The number of hydrogen-bond donors (Lipinski definition) is 0. The van der Waals surface area contributed by atoms with Gasteiger partial charge in [-0.25, -0.2) is 4.98 Å². The second-order valence-corrected chi connectivity index (χ2v) is 9.46. The highest BCUT2D eigenvalue weighted by molar-refractivity contribution is 6.33. The van der Waals surface area contributed by atoms with Crippen molar-refractivity contribution in [1.82, 2.24) is 4.98 Å². The van der Waals surface area contributed by atoms with Crippen LogP contribution in [0.4, 0.5) is 0 Å². The standard InChI is InChI=1S/C25H23Cl2NO/c1-15-19-13-20(16-9-11-17(26)12-10-16)23(18-7-5-6-8-21(18)27)28-24(19)29-22(15)14-25(2,3)4/h5-13H,14H2,1-4H3. The summed E-state index contributed by atoms with van der Waals surface area (Å²) in [6, 6.07) is 17.7. The molecule has 0 saturated carbocycles. The number of benzene rings is 2. The van der Waals surface area contributed by atoms with Gasteiger partial charge < -0.3 is 4.42 Å². The molecule has 0 saturated heterocycles. The van der Waals surface area contributed by atoms with Crippen LogP contribution in [-0.2, 0) is 6.42 Å². The highest BCUT2D eigenvalue weighted by Crippen LogP contribution is 2.39. The maximum Gasteiger partial charge on any atom is 0.227 e. The van der Waals surface area contributed by atoms with Gasteiger partial charge in [-0.3, -0.25) is 0 Å². The van der Waals surface area contributed by atoms with E-state index < -0.39 is 0 Å². The largest absolute Gasteiger partial charge is 0.442 e. The lowest BCUT2D eigenvalue weighted by atomic mass is 9.89. The SMILES string of the molecule is Cc1c(CC(C)(C)C)oc2nc(-c3ccccc3Cl)c(-c3ccc(Cl)cc3)cc12. The molecular formula is C25H23Cl2NO. The summed E-state index contributed by atoms with van der Waals surface area (Å²) >= 11 is 12.6. The van der Waals surface area contributed by atoms with Crippen molar-refractivity contribution in [3.63, 3.8) is 0 Å². The molecule has 0 amide bonds. The first-order chi connectivity index (χ1) is 13.7. The zero-order chi connectivity index (χ0) is 20.8. The highest BCUT2D eigenvalue weighted by Gasteiger charge is 2.21. The maximum atomic E-state index is 6.53. The van der Waals surface area contributed by atoms with Gasteiger partial charge in [-0.05, 0) is 42.2 Å². The summed E-state index contributed by atoms with van der Waals surface area (Å²) in [5.41, 5.74) is 5.65. The van der Waals surface area contributed by atoms with E-state index in [0.717, 1.165) is 45.5 Å². The Labute approximate surface area is 181 Å². The van der Waals surface area contributed by atoms with E-state index in [1.807, 2.05) is 48.5 Å². The summed E-state index contributed by atoms with van der Waals surface area (Å²) in [4.78, 5) is 4.93. The van der Waals surface area contributed by atoms with Gasteiger partial charge in [0.15, 0.2) is 0 Å². The monoisotopic (exact) mass is 423 g/mol. The maximum absolute atomic E-state index is 6.53. The third-order valence-corrected chi connectivity index (χ3v) is 5.59. The molecule has 2 aromatic carbocycles. The first-order valence-electron chi connectivity index (χ1n) is 9.67. The molecule has 29 heavy (non-hydrogen) atoms. The Morgan fingerprint density at radius 2 is 1.62 bits per heavy atom. The van der Waals surface area contributed by atoms with Crippen LogP contribution < -0.4 is 0 Å². The lowest BCUT2D eigenvalue weighted by molar-refractivity contribution is 0.368. The molecular weight excluding hydrogens is 401 g/mol. The number of nitrogens with zero attached hydrogens (tertiary/aromatic N) is 1. The molecule has 2 heterocycles. The summed E-state index contributed by atoms with van der Waals surface area (Å²) in [6.07, 6.45) is 0.854. The molecule has 2 aromatic heterocycles. The van der Waals surface area contributed by atoms with Crippen LogP contribution in [0.1, 0.15) is 32.1 Å². The summed E-state index contributed by atoms with van der Waals surface area (Å²) in [6.45, 7) is 8.74. The minimum atomic E-state index is 0.128. The zero-order valence-corrected chi connectivity index (χ0v) is 18.5. The molecule has 0 radical (unpaired) electrons. The average Bonchev–Trinajstić information content (AvgIpc) is 2.95. The fourth-order valence-corrected chi connectivity index (χ4v) is 3.90. The molecule has 148 valence electrons. The predicted molar refractivity (Wildman–Crippen MR) is 123 cm³/mol. The molecule has 0 fully saturated rings. The van der Waals surface area contributed by atoms with E-state index >= 15 is 0 Å². The van der Waals surface area contributed by atoms with Gasteiger partial charge in [0.05, 0.1) is 5.69 Å². The number of halogens is 2. The van der Waals surface area contributed by atoms with Crippen LogP contribution in [0.15, 0.2) is 59.0 Å². The van der Waals surface area contributed by atoms with Gasteiger partial charge in [-0.15, -0.1) is 0 Å². The summed E-state index contributed by atoms with van der Waals surface area (Å²) in [5.74, 6) is 0.985. The number of aryl methyl sites for hydroxylation is 1. The first-order valence-corrected chi connectivity index (χ1v) is 10.4. The summed E-state index contributed by atoms with van der Waals surface area (Å²) in [5, 5.41) is 2.40. The fourth-order valence-electron chi connectivity index (χ4n) is 3.54. The van der Waals surface area contributed by atoms with Crippen molar-refractivity contribution in [3.05, 3.63) is 76.0 Å². The highest BCUT2D eigenvalue weighted by atomic mass is 35.5. The van der Waals surface area contributed by atoms with E-state index in [9.17, 15) is 0 Å². The Bertz CT molecular complexity index is 1180. The fraction of sp³-hybridized carbons (Fsp3) is 0.240. The number of fused-ring (bicyclic) bond motifs is 1. The molecule has 0 spiro atoms. The van der Waals surface area contributed by atoms with Gasteiger partial charge in [-0.1, -0.05) is 74.3 Å². The van der Waals surface area contributed by atoms with Crippen LogP contribution >= 0.6 is 23.2 Å². The van der Waals surface area contributed by atoms with Crippen molar-refractivity contribution in [2.45, 2.75) is 34.1 Å². The molecule has 0 bridgehead atoms. The second-order valence-electron chi connectivity index (χ2n) is 8.61. The van der Waals surface area contributed by atoms with E-state index in [1.54, 1.807) is 0 Å². The van der Waals surface area contributed by atoms with E-state index in [0.29, 0.717) is 15.8 Å². The predicted octanol–water partition coefficient (Wildman–Crippen LogP) is 8.37. The Morgan fingerprint density at radius 3 is 2.28 bits per heavy atom. The molecule has 0 N–H and O–H groups in total. The van der Waals surface area contributed by atoms with Crippen LogP contribution in [0.25, 0.3) is 33.5 Å². The van der Waals surface area contributed by atoms with Crippen molar-refractivity contribution >= 4 is 34.3 Å². The van der Waals surface area contributed by atoms with Crippen molar-refractivity contribution in [3.8, 4) is 22.4 Å². The summed E-state index contributed by atoms with van der Waals surface area (Å²) in [7, 11) is 0. The summed E-state index contributed by atoms with van der Waals surface area (Å²) < 4.78 is 6.21. The minimum absolute atomic E-state index is 0.128. The van der Waals surface area contributed by atoms with Crippen LogP contribution in [0.3, 0.4) is 0 Å². The Morgan fingerprint density at radius 1 is 0.931 bits per heavy atom. The van der Waals surface area contributed by atoms with Crippen LogP contribution in [-0.4, -0.2) is 4.98 Å². The van der Waals surface area contributed by atoms with Crippen LogP contribution in [0.2, 0.25) is 10.0 Å². The molecule has 0 aliphatic heterocycles. The van der Waals surface area contributed by atoms with Gasteiger partial charge in [-0.2, -0.15) is 0 Å². The first kappa shape index (κ1) is 20.0. The molecule has 4 heteroatoms. The van der Waals surface area contributed by atoms with Crippen molar-refractivity contribution in [1.29, 1.82) is 0 Å². The molecule has 0 atom stereocenters. The van der Waals surface area contributed by atoms with Gasteiger partial charge in [0, 0.05) is 38.5 Å². The Kier molecular flexibility index (Phi) is 5.18. The lowest BCUT2D eigenvalue weighted by Crippen LogP contribution is -2.09. The third kappa shape index (κ3) is 4.05. The van der Waals surface area contributed by atoms with Gasteiger partial charge >= 0.3 is 0 Å². The smallest absolute Gasteiger partial charge is 0.227 e. The Balaban J connectivity index is 1.99. The van der Waals surface area contributed by atoms with Gasteiger partial charge in [0.2, 0.25) is 5.71 Å². The lowest BCUT2D eigenvalue weighted by Gasteiger charge is -2.16. The van der Waals surface area contributed by atoms with E-state index in [4.69, 9.17) is 32.6 Å². The normalized spacial score (nSPS) is 11.9. The quantitative estimate of drug-likeness (QED) is 0.330. The molecule has 0 aliphatic rings. The number of hydrogen-bond acceptors (Lipinski definition) is 2. The van der Waals surface area contributed by atoms with Crippen molar-refractivity contribution in [2.75, 3.05) is 0 Å². The van der Waals surface area contributed by atoms with E-state index in [1.165, 1.54) is 0 Å². The molecule has 2 nitrogen and oxygen atoms in total. The van der Waals surface area contributed by atoms with E-state index in [2.05, 4.69) is 33.8 Å². The molecule has 4 rings (SSSR count). The van der Waals surface area contributed by atoms with Crippen molar-refractivity contribution in [2.24, 2.45) is 5.41 Å². The minimum Gasteiger partial charge on any atom is -0.442 e. The second kappa shape index (κ2) is 7.51. The zero-order valence-electron chi connectivity index (χ0n) is 17.0. The van der Waals surface area contributed by atoms with Gasteiger partial charge in [0.1, 0.15) is 5.76 Å². The average molecular weight is 424 g/mol. The molecule has 0 aliphatic carbocycles. The molecule has 4 aromatic rings. The van der Waals surface area contributed by atoms with E-state index in [-0.39, 0.29) is 5.41 Å². The van der Waals surface area contributed by atoms with Crippen molar-refractivity contribution < 1.29 is 4.42 Å². The molecule has 0 unspecified atom stereocenters.